The smallest absolute Gasteiger partial charge is 0.268 e. The van der Waals surface area contributed by atoms with E-state index in [1.54, 1.807) is 24.3 Å². The van der Waals surface area contributed by atoms with Crippen molar-refractivity contribution in [3.63, 3.8) is 0 Å². The molecule has 3 aromatic carbocycles. The van der Waals surface area contributed by atoms with Crippen molar-refractivity contribution in [1.82, 2.24) is 13.9 Å². The number of nitro groups is 1. The number of aromatic nitrogens is 2. The molecule has 0 N–H and O–H groups in total. The van der Waals surface area contributed by atoms with Gasteiger partial charge in [0.05, 0.1) is 33.0 Å². The van der Waals surface area contributed by atoms with Gasteiger partial charge >= 0.3 is 0 Å². The van der Waals surface area contributed by atoms with Gasteiger partial charge in [0.2, 0.25) is 10.0 Å². The van der Waals surface area contributed by atoms with Gasteiger partial charge in [-0.25, -0.2) is 13.4 Å². The predicted octanol–water partition coefficient (Wildman–Crippen LogP) is 3.73. The molecule has 0 aliphatic rings. The maximum atomic E-state index is 13.5. The minimum atomic E-state index is -4.01. The zero-order chi connectivity index (χ0) is 24.6. The van der Waals surface area contributed by atoms with Gasteiger partial charge in [-0.05, 0) is 49.7 Å². The first-order valence-corrected chi connectivity index (χ1v) is 11.8. The molecule has 1 aromatic heterocycles. The molecule has 0 saturated heterocycles. The summed E-state index contributed by atoms with van der Waals surface area (Å²) in [5.41, 5.74) is 2.45. The summed E-state index contributed by atoms with van der Waals surface area (Å²) in [4.78, 5) is 28.3. The second-order valence-corrected chi connectivity index (χ2v) is 10.0. The summed E-state index contributed by atoms with van der Waals surface area (Å²) in [5.74, 6) is 0.253. The Morgan fingerprint density at radius 3 is 2.35 bits per heavy atom. The van der Waals surface area contributed by atoms with Gasteiger partial charge in [0.25, 0.3) is 11.2 Å². The Labute approximate surface area is 196 Å². The monoisotopic (exact) mass is 478 g/mol. The lowest BCUT2D eigenvalue weighted by Gasteiger charge is -2.21. The molecule has 9 nitrogen and oxygen atoms in total. The topological polar surface area (TPSA) is 115 Å². The lowest BCUT2D eigenvalue weighted by atomic mass is 10.1. The first kappa shape index (κ1) is 23.3. The molecule has 0 unspecified atom stereocenters. The van der Waals surface area contributed by atoms with Gasteiger partial charge < -0.3 is 0 Å². The maximum absolute atomic E-state index is 13.5. The van der Waals surface area contributed by atoms with Crippen molar-refractivity contribution in [2.45, 2.75) is 25.3 Å². The SMILES string of the molecule is Cc1ccc(-n2c(CN(C)S(=O)(=O)c3ccc([N+](=O)[O-])cc3)nc3ccccc3c2=O)c(C)c1. The summed E-state index contributed by atoms with van der Waals surface area (Å²) in [6.07, 6.45) is 0. The molecule has 0 aliphatic carbocycles. The Bertz CT molecular complexity index is 1580. The van der Waals surface area contributed by atoms with Crippen molar-refractivity contribution >= 4 is 26.6 Å². The van der Waals surface area contributed by atoms with E-state index in [9.17, 15) is 23.3 Å². The third-order valence-electron chi connectivity index (χ3n) is 5.56. The van der Waals surface area contributed by atoms with E-state index in [0.717, 1.165) is 27.6 Å². The zero-order valence-corrected chi connectivity index (χ0v) is 19.6. The molecule has 0 bridgehead atoms. The lowest BCUT2D eigenvalue weighted by Crippen LogP contribution is -2.32. The quantitative estimate of drug-likeness (QED) is 0.308. The summed E-state index contributed by atoms with van der Waals surface area (Å²) in [5, 5.41) is 11.3. The van der Waals surface area contributed by atoms with Crippen molar-refractivity contribution in [2.24, 2.45) is 0 Å². The number of hydrogen-bond donors (Lipinski definition) is 0. The number of aryl methyl sites for hydroxylation is 2. The molecule has 174 valence electrons. The predicted molar refractivity (Wildman–Crippen MR) is 129 cm³/mol. The lowest BCUT2D eigenvalue weighted by molar-refractivity contribution is -0.384. The summed E-state index contributed by atoms with van der Waals surface area (Å²) in [6, 6.07) is 17.2. The summed E-state index contributed by atoms with van der Waals surface area (Å²) in [7, 11) is -2.63. The van der Waals surface area contributed by atoms with Gasteiger partial charge in [-0.3, -0.25) is 19.5 Å². The molecule has 0 amide bonds. The highest BCUT2D eigenvalue weighted by molar-refractivity contribution is 7.89. The fourth-order valence-electron chi connectivity index (χ4n) is 3.79. The standard InChI is InChI=1S/C24H22N4O5S/c1-16-8-13-22(17(2)14-16)27-23(25-21-7-5-4-6-20(21)24(27)29)15-26(3)34(32,33)19-11-9-18(10-12-19)28(30)31/h4-14H,15H2,1-3H3. The van der Waals surface area contributed by atoms with Crippen LogP contribution < -0.4 is 5.56 Å². The molecule has 34 heavy (non-hydrogen) atoms. The van der Waals surface area contributed by atoms with E-state index in [4.69, 9.17) is 0 Å². The molecule has 0 atom stereocenters. The molecular weight excluding hydrogens is 456 g/mol. The number of non-ortho nitro benzene ring substituents is 1. The number of sulfonamides is 1. The van der Waals surface area contributed by atoms with Crippen molar-refractivity contribution in [3.8, 4) is 5.69 Å². The molecule has 1 heterocycles. The third-order valence-corrected chi connectivity index (χ3v) is 7.38. The van der Waals surface area contributed by atoms with Crippen LogP contribution in [0.15, 0.2) is 76.4 Å². The first-order valence-electron chi connectivity index (χ1n) is 10.4. The summed E-state index contributed by atoms with van der Waals surface area (Å²) in [6.45, 7) is 3.64. The fraction of sp³-hybridized carbons (Fsp3) is 0.167. The van der Waals surface area contributed by atoms with Gasteiger partial charge in [-0.2, -0.15) is 4.31 Å². The van der Waals surface area contributed by atoms with E-state index in [1.165, 1.54) is 23.7 Å². The van der Waals surface area contributed by atoms with Crippen LogP contribution in [0.2, 0.25) is 0 Å². The van der Waals surface area contributed by atoms with Gasteiger partial charge in [0, 0.05) is 19.2 Å². The number of fused-ring (bicyclic) bond motifs is 1. The minimum absolute atomic E-state index is 0.0956. The number of hydrogen-bond acceptors (Lipinski definition) is 6. The molecule has 0 aliphatic heterocycles. The van der Waals surface area contributed by atoms with Crippen LogP contribution in [0.5, 0.6) is 0 Å². The highest BCUT2D eigenvalue weighted by Gasteiger charge is 2.25. The van der Waals surface area contributed by atoms with Crippen molar-refractivity contribution < 1.29 is 13.3 Å². The molecule has 0 radical (unpaired) electrons. The van der Waals surface area contributed by atoms with Crippen molar-refractivity contribution in [3.05, 3.63) is 104 Å². The highest BCUT2D eigenvalue weighted by Crippen LogP contribution is 2.22. The molecule has 4 rings (SSSR count). The Morgan fingerprint density at radius 2 is 1.71 bits per heavy atom. The minimum Gasteiger partial charge on any atom is -0.268 e. The second-order valence-electron chi connectivity index (χ2n) is 7.99. The Kier molecular flexibility index (Phi) is 6.03. The van der Waals surface area contributed by atoms with E-state index in [-0.39, 0.29) is 28.5 Å². The number of nitro benzene ring substituents is 1. The van der Waals surface area contributed by atoms with Crippen LogP contribution in [0.1, 0.15) is 17.0 Å². The van der Waals surface area contributed by atoms with Crippen LogP contribution >= 0.6 is 0 Å². The first-order chi connectivity index (χ1) is 16.1. The van der Waals surface area contributed by atoms with Gasteiger partial charge in [0.1, 0.15) is 5.82 Å². The second kappa shape index (κ2) is 8.81. The molecule has 0 fully saturated rings. The Morgan fingerprint density at radius 1 is 1.03 bits per heavy atom. The summed E-state index contributed by atoms with van der Waals surface area (Å²) >= 11 is 0. The van der Waals surface area contributed by atoms with Crippen LogP contribution in [0.25, 0.3) is 16.6 Å². The average Bonchev–Trinajstić information content (AvgIpc) is 2.80. The van der Waals surface area contributed by atoms with Gasteiger partial charge in [-0.15, -0.1) is 0 Å². The van der Waals surface area contributed by atoms with E-state index >= 15 is 0 Å². The molecule has 10 heteroatoms. The Hall–Kier alpha value is -3.89. The van der Waals surface area contributed by atoms with Crippen LogP contribution in [0.4, 0.5) is 5.69 Å². The van der Waals surface area contributed by atoms with E-state index in [2.05, 4.69) is 4.98 Å². The third kappa shape index (κ3) is 4.20. The summed E-state index contributed by atoms with van der Waals surface area (Å²) < 4.78 is 28.9. The number of nitrogens with zero attached hydrogens (tertiary/aromatic N) is 4. The maximum Gasteiger partial charge on any atom is 0.269 e. The number of para-hydroxylation sites is 1. The molecular formula is C24H22N4O5S. The molecule has 0 saturated carbocycles. The highest BCUT2D eigenvalue weighted by atomic mass is 32.2. The van der Waals surface area contributed by atoms with Crippen LogP contribution in [0.3, 0.4) is 0 Å². The largest absolute Gasteiger partial charge is 0.269 e. The fourth-order valence-corrected chi connectivity index (χ4v) is 4.92. The van der Waals surface area contributed by atoms with Crippen molar-refractivity contribution in [1.29, 1.82) is 0 Å². The van der Waals surface area contributed by atoms with Crippen LogP contribution in [-0.2, 0) is 16.6 Å². The van der Waals surface area contributed by atoms with Crippen LogP contribution in [0, 0.1) is 24.0 Å². The molecule has 4 aromatic rings. The normalized spacial score (nSPS) is 11.8. The average molecular weight is 479 g/mol. The van der Waals surface area contributed by atoms with Gasteiger partial charge in [-0.1, -0.05) is 29.8 Å². The van der Waals surface area contributed by atoms with E-state index < -0.39 is 14.9 Å². The van der Waals surface area contributed by atoms with Gasteiger partial charge in [0.15, 0.2) is 0 Å². The Balaban J connectivity index is 1.83. The van der Waals surface area contributed by atoms with Crippen molar-refractivity contribution in [2.75, 3.05) is 7.05 Å². The van der Waals surface area contributed by atoms with E-state index in [0.29, 0.717) is 16.6 Å². The zero-order valence-electron chi connectivity index (χ0n) is 18.8. The van der Waals surface area contributed by atoms with Crippen LogP contribution in [-0.4, -0.2) is 34.2 Å². The number of rotatable bonds is 6. The van der Waals surface area contributed by atoms with E-state index in [1.807, 2.05) is 32.0 Å². The number of benzene rings is 3. The molecule has 0 spiro atoms.